The van der Waals surface area contributed by atoms with E-state index in [1.807, 2.05) is 4.57 Å². The van der Waals surface area contributed by atoms with E-state index >= 15 is 0 Å². The lowest BCUT2D eigenvalue weighted by Gasteiger charge is -2.19. The zero-order valence-electron chi connectivity index (χ0n) is 24.2. The summed E-state index contributed by atoms with van der Waals surface area (Å²) < 4.78 is 41.5. The molecule has 5 aromatic rings. The number of pyridine rings is 1. The topological polar surface area (TPSA) is 92.4 Å². The van der Waals surface area contributed by atoms with Crippen LogP contribution >= 0.6 is 23.2 Å². The largest absolute Gasteiger partial charge is 0.465 e. The molecule has 0 unspecified atom stereocenters. The van der Waals surface area contributed by atoms with Crippen molar-refractivity contribution in [2.45, 2.75) is 37.3 Å². The van der Waals surface area contributed by atoms with Gasteiger partial charge in [0.05, 0.1) is 39.0 Å². The molecule has 5 rings (SSSR count). The van der Waals surface area contributed by atoms with Gasteiger partial charge in [0.2, 0.25) is 0 Å². The Balaban J connectivity index is 1.72. The number of methoxy groups -OCH3 is 1. The fourth-order valence-corrected chi connectivity index (χ4v) is 7.18. The van der Waals surface area contributed by atoms with E-state index in [2.05, 4.69) is 24.6 Å². The molecule has 0 aliphatic carbocycles. The van der Waals surface area contributed by atoms with Gasteiger partial charge in [-0.05, 0) is 48.5 Å². The van der Waals surface area contributed by atoms with Crippen molar-refractivity contribution in [2.24, 2.45) is 0 Å². The Kier molecular flexibility index (Phi) is 8.87. The number of nitrogens with zero attached hydrogens (tertiary/aromatic N) is 3. The SMILES string of the molecule is COC(=O)c1cc(-c2ccnc3c2ccn3S(=O)(=O)c2ccccc2)n(COCC[Si](C)(C)C)c1-c1ccc(Cl)c(Cl)c1. The van der Waals surface area contributed by atoms with Gasteiger partial charge in [-0.25, -0.2) is 22.2 Å². The van der Waals surface area contributed by atoms with E-state index in [0.717, 1.165) is 6.04 Å². The summed E-state index contributed by atoms with van der Waals surface area (Å²) in [4.78, 5) is 17.7. The van der Waals surface area contributed by atoms with E-state index in [1.54, 1.807) is 72.9 Å². The van der Waals surface area contributed by atoms with E-state index in [0.29, 0.717) is 50.1 Å². The van der Waals surface area contributed by atoms with Crippen LogP contribution in [0.1, 0.15) is 10.4 Å². The number of carbonyl (C=O) groups excluding carboxylic acids is 1. The van der Waals surface area contributed by atoms with Gasteiger partial charge in [0.1, 0.15) is 6.73 Å². The number of hydrogen-bond acceptors (Lipinski definition) is 6. The predicted molar refractivity (Wildman–Crippen MR) is 173 cm³/mol. The van der Waals surface area contributed by atoms with Crippen LogP contribution in [0.2, 0.25) is 35.7 Å². The summed E-state index contributed by atoms with van der Waals surface area (Å²) in [6.45, 7) is 7.49. The minimum Gasteiger partial charge on any atom is -0.465 e. The van der Waals surface area contributed by atoms with Crippen LogP contribution in [-0.2, 0) is 26.2 Å². The highest BCUT2D eigenvalue weighted by atomic mass is 35.5. The predicted octanol–water partition coefficient (Wildman–Crippen LogP) is 7.81. The molecule has 2 aromatic carbocycles. The monoisotopic (exact) mass is 655 g/mol. The highest BCUT2D eigenvalue weighted by Crippen LogP contribution is 2.39. The highest BCUT2D eigenvalue weighted by Gasteiger charge is 2.27. The summed E-state index contributed by atoms with van der Waals surface area (Å²) in [7, 11) is -3.96. The van der Waals surface area contributed by atoms with E-state index in [1.165, 1.54) is 17.3 Å². The van der Waals surface area contributed by atoms with Crippen molar-refractivity contribution < 1.29 is 22.7 Å². The normalized spacial score (nSPS) is 12.1. The zero-order valence-corrected chi connectivity index (χ0v) is 27.5. The molecule has 3 heterocycles. The van der Waals surface area contributed by atoms with Gasteiger partial charge in [-0.3, -0.25) is 0 Å². The maximum absolute atomic E-state index is 13.5. The zero-order chi connectivity index (χ0) is 30.9. The second kappa shape index (κ2) is 12.3. The van der Waals surface area contributed by atoms with E-state index in [9.17, 15) is 13.2 Å². The van der Waals surface area contributed by atoms with Gasteiger partial charge < -0.3 is 14.0 Å². The molecule has 0 bridgehead atoms. The van der Waals surface area contributed by atoms with E-state index in [-0.39, 0.29) is 17.3 Å². The summed E-state index contributed by atoms with van der Waals surface area (Å²) in [6, 6.07) is 19.5. The van der Waals surface area contributed by atoms with Gasteiger partial charge in [0.15, 0.2) is 5.65 Å². The molecule has 0 spiro atoms. The van der Waals surface area contributed by atoms with Crippen LogP contribution in [0.15, 0.2) is 84.0 Å². The lowest BCUT2D eigenvalue weighted by molar-refractivity contribution is 0.0600. The third-order valence-electron chi connectivity index (χ3n) is 7.04. The van der Waals surface area contributed by atoms with Crippen molar-refractivity contribution in [3.63, 3.8) is 0 Å². The molecule has 0 aliphatic heterocycles. The lowest BCUT2D eigenvalue weighted by Crippen LogP contribution is -2.22. The minimum absolute atomic E-state index is 0.124. The van der Waals surface area contributed by atoms with Crippen molar-refractivity contribution in [1.82, 2.24) is 13.5 Å². The molecular formula is C31H31Cl2N3O5SSi. The summed E-state index contributed by atoms with van der Waals surface area (Å²) in [5.41, 5.74) is 3.02. The first kappa shape index (κ1) is 31.0. The smallest absolute Gasteiger partial charge is 0.340 e. The molecule has 3 aromatic heterocycles. The number of rotatable bonds is 10. The molecule has 8 nitrogen and oxygen atoms in total. The number of esters is 1. The van der Waals surface area contributed by atoms with Gasteiger partial charge in [-0.15, -0.1) is 0 Å². The van der Waals surface area contributed by atoms with Crippen molar-refractivity contribution >= 4 is 58.3 Å². The summed E-state index contributed by atoms with van der Waals surface area (Å²) in [5, 5.41) is 1.30. The second-order valence-corrected chi connectivity index (χ2v) is 19.5. The number of halogens is 2. The maximum Gasteiger partial charge on any atom is 0.340 e. The first-order chi connectivity index (χ1) is 20.4. The van der Waals surface area contributed by atoms with Gasteiger partial charge in [-0.1, -0.05) is 67.1 Å². The fraction of sp³-hybridized carbons (Fsp3) is 0.226. The van der Waals surface area contributed by atoms with Gasteiger partial charge in [0.25, 0.3) is 10.0 Å². The average molecular weight is 657 g/mol. The fourth-order valence-electron chi connectivity index (χ4n) is 4.80. The minimum atomic E-state index is -3.91. The van der Waals surface area contributed by atoms with Gasteiger partial charge >= 0.3 is 5.97 Å². The molecule has 12 heteroatoms. The van der Waals surface area contributed by atoms with Crippen LogP contribution in [0.5, 0.6) is 0 Å². The number of ether oxygens (including phenoxy) is 2. The standard InChI is InChI=1S/C31H31Cl2N3O5SSi/c1-40-31(37)25-19-28(35(20-41-16-17-43(2,3)4)29(25)21-10-11-26(32)27(33)18-21)23-12-14-34-30-24(23)13-15-36(30)42(38,39)22-8-6-5-7-9-22/h5-15,18-19H,16-17,20H2,1-4H3. The first-order valence-electron chi connectivity index (χ1n) is 13.5. The lowest BCUT2D eigenvalue weighted by atomic mass is 10.1. The molecule has 0 aliphatic rings. The van der Waals surface area contributed by atoms with Gasteiger partial charge in [-0.2, -0.15) is 0 Å². The Morgan fingerprint density at radius 2 is 1.72 bits per heavy atom. The Hall–Kier alpha value is -3.41. The highest BCUT2D eigenvalue weighted by molar-refractivity contribution is 7.90. The molecule has 224 valence electrons. The number of hydrogen-bond donors (Lipinski definition) is 0. The Morgan fingerprint density at radius 3 is 2.40 bits per heavy atom. The van der Waals surface area contributed by atoms with Crippen LogP contribution in [-0.4, -0.2) is 49.7 Å². The molecule has 0 saturated heterocycles. The summed E-state index contributed by atoms with van der Waals surface area (Å²) >= 11 is 12.6. The number of benzene rings is 2. The molecule has 0 saturated carbocycles. The molecule has 0 atom stereocenters. The van der Waals surface area contributed by atoms with Crippen LogP contribution < -0.4 is 0 Å². The third-order valence-corrected chi connectivity index (χ3v) is 11.2. The Morgan fingerprint density at radius 1 is 0.977 bits per heavy atom. The number of aromatic nitrogens is 3. The maximum atomic E-state index is 13.5. The van der Waals surface area contributed by atoms with Crippen LogP contribution in [0.25, 0.3) is 33.5 Å². The van der Waals surface area contributed by atoms with Crippen LogP contribution in [0.3, 0.4) is 0 Å². The number of carbonyl (C=O) groups is 1. The Labute approximate surface area is 261 Å². The molecule has 0 N–H and O–H groups in total. The second-order valence-electron chi connectivity index (χ2n) is 11.2. The van der Waals surface area contributed by atoms with Crippen molar-refractivity contribution in [3.05, 3.63) is 94.7 Å². The van der Waals surface area contributed by atoms with Crippen molar-refractivity contribution in [2.75, 3.05) is 13.7 Å². The molecule has 0 fully saturated rings. The summed E-state index contributed by atoms with van der Waals surface area (Å²) in [5.74, 6) is -0.544. The van der Waals surface area contributed by atoms with Crippen LogP contribution in [0.4, 0.5) is 0 Å². The Bertz CT molecular complexity index is 1920. The van der Waals surface area contributed by atoms with Crippen molar-refractivity contribution in [1.29, 1.82) is 0 Å². The average Bonchev–Trinajstić information content (AvgIpc) is 3.59. The van der Waals surface area contributed by atoms with Gasteiger partial charge in [0, 0.05) is 43.6 Å². The molecule has 0 radical (unpaired) electrons. The first-order valence-corrected chi connectivity index (χ1v) is 19.4. The molecule has 43 heavy (non-hydrogen) atoms. The van der Waals surface area contributed by atoms with Crippen molar-refractivity contribution in [3.8, 4) is 22.5 Å². The van der Waals surface area contributed by atoms with E-state index in [4.69, 9.17) is 32.7 Å². The quantitative estimate of drug-likeness (QED) is 0.0865. The number of fused-ring (bicyclic) bond motifs is 1. The molecule has 0 amide bonds. The summed E-state index contributed by atoms with van der Waals surface area (Å²) in [6.07, 6.45) is 3.04. The third kappa shape index (κ3) is 6.29. The molecular weight excluding hydrogens is 625 g/mol. The van der Waals surface area contributed by atoms with Crippen LogP contribution in [0, 0.1) is 0 Å². The van der Waals surface area contributed by atoms with E-state index < -0.39 is 24.1 Å².